The molecule has 2 N–H and O–H groups in total. The van der Waals surface area contributed by atoms with Gasteiger partial charge in [0.15, 0.2) is 0 Å². The van der Waals surface area contributed by atoms with Gasteiger partial charge in [0.2, 0.25) is 10.0 Å². The van der Waals surface area contributed by atoms with Crippen LogP contribution in [0.5, 0.6) is 0 Å². The number of sulfonamides is 1. The van der Waals surface area contributed by atoms with E-state index in [0.717, 1.165) is 6.42 Å². The number of aliphatic hydroxyl groups is 1. The van der Waals surface area contributed by atoms with Crippen LogP contribution in [0.3, 0.4) is 0 Å². The summed E-state index contributed by atoms with van der Waals surface area (Å²) in [5.41, 5.74) is 0.472. The number of aryl methyl sites for hydroxylation is 1. The van der Waals surface area contributed by atoms with Crippen molar-refractivity contribution in [2.24, 2.45) is 0 Å². The fraction of sp³-hybridized carbons (Fsp3) is 0.500. The molecule has 118 valence electrons. The first kappa shape index (κ1) is 17.6. The zero-order chi connectivity index (χ0) is 16.0. The van der Waals surface area contributed by atoms with Gasteiger partial charge in [0.1, 0.15) is 0 Å². The standard InChI is InChI=1S/C14H21NO5S/c1-3-4-7-15(8-9-16)21(19,20)12-6-5-11(2)13(10-12)14(17)18/h5-6,10,16H,3-4,7-9H2,1-2H3,(H,17,18). The minimum Gasteiger partial charge on any atom is -0.478 e. The van der Waals surface area contributed by atoms with E-state index < -0.39 is 16.0 Å². The third-order valence-electron chi connectivity index (χ3n) is 3.19. The molecular weight excluding hydrogens is 294 g/mol. The molecule has 0 atom stereocenters. The Kier molecular flexibility index (Phi) is 6.32. The summed E-state index contributed by atoms with van der Waals surface area (Å²) >= 11 is 0. The van der Waals surface area contributed by atoms with Crippen LogP contribution in [0.2, 0.25) is 0 Å². The molecule has 0 amide bonds. The average Bonchev–Trinajstić information content (AvgIpc) is 2.43. The zero-order valence-electron chi connectivity index (χ0n) is 12.2. The maximum Gasteiger partial charge on any atom is 0.335 e. The molecule has 21 heavy (non-hydrogen) atoms. The monoisotopic (exact) mass is 315 g/mol. The number of nitrogens with zero attached hydrogens (tertiary/aromatic N) is 1. The van der Waals surface area contributed by atoms with Crippen LogP contribution in [0.25, 0.3) is 0 Å². The molecule has 0 aliphatic carbocycles. The molecule has 0 bridgehead atoms. The summed E-state index contributed by atoms with van der Waals surface area (Å²) in [7, 11) is -3.80. The number of aromatic carboxylic acids is 1. The molecule has 0 saturated carbocycles. The van der Waals surface area contributed by atoms with E-state index in [-0.39, 0.29) is 23.6 Å². The predicted octanol–water partition coefficient (Wildman–Crippen LogP) is 1.48. The van der Waals surface area contributed by atoms with Gasteiger partial charge in [-0.05, 0) is 31.0 Å². The lowest BCUT2D eigenvalue weighted by atomic mass is 10.1. The van der Waals surface area contributed by atoms with Gasteiger partial charge in [-0.25, -0.2) is 13.2 Å². The summed E-state index contributed by atoms with van der Waals surface area (Å²) < 4.78 is 26.3. The quantitative estimate of drug-likeness (QED) is 0.757. The minimum atomic E-state index is -3.80. The molecule has 0 heterocycles. The first-order valence-corrected chi connectivity index (χ1v) is 8.23. The van der Waals surface area contributed by atoms with Gasteiger partial charge < -0.3 is 10.2 Å². The molecular formula is C14H21NO5S. The number of carboxylic acid groups (broad SMARTS) is 1. The number of hydrogen-bond donors (Lipinski definition) is 2. The third kappa shape index (κ3) is 4.26. The predicted molar refractivity (Wildman–Crippen MR) is 78.9 cm³/mol. The summed E-state index contributed by atoms with van der Waals surface area (Å²) in [6.07, 6.45) is 1.50. The van der Waals surface area contributed by atoms with Crippen LogP contribution in [-0.4, -0.2) is 48.6 Å². The lowest BCUT2D eigenvalue weighted by Crippen LogP contribution is -2.34. The van der Waals surface area contributed by atoms with E-state index in [2.05, 4.69) is 0 Å². The summed E-state index contributed by atoms with van der Waals surface area (Å²) in [5.74, 6) is -1.16. The van der Waals surface area contributed by atoms with Crippen LogP contribution < -0.4 is 0 Å². The molecule has 0 aliphatic heterocycles. The maximum absolute atomic E-state index is 12.5. The number of carbonyl (C=O) groups is 1. The summed E-state index contributed by atoms with van der Waals surface area (Å²) in [5, 5.41) is 18.1. The van der Waals surface area contributed by atoms with Crippen molar-refractivity contribution in [1.29, 1.82) is 0 Å². The van der Waals surface area contributed by atoms with Gasteiger partial charge in [-0.2, -0.15) is 4.31 Å². The molecule has 0 radical (unpaired) electrons. The number of unbranched alkanes of at least 4 members (excludes halogenated alkanes) is 1. The van der Waals surface area contributed by atoms with Crippen LogP contribution in [0.15, 0.2) is 23.1 Å². The molecule has 1 aromatic carbocycles. The summed E-state index contributed by atoms with van der Waals surface area (Å²) in [4.78, 5) is 11.1. The van der Waals surface area contributed by atoms with E-state index in [4.69, 9.17) is 10.2 Å². The largest absolute Gasteiger partial charge is 0.478 e. The molecule has 0 fully saturated rings. The van der Waals surface area contributed by atoms with E-state index >= 15 is 0 Å². The first-order chi connectivity index (χ1) is 9.84. The molecule has 6 nitrogen and oxygen atoms in total. The SMILES string of the molecule is CCCCN(CCO)S(=O)(=O)c1ccc(C)c(C(=O)O)c1. The van der Waals surface area contributed by atoms with E-state index in [0.29, 0.717) is 18.5 Å². The number of rotatable bonds is 8. The van der Waals surface area contributed by atoms with Gasteiger partial charge in [0.05, 0.1) is 17.1 Å². The highest BCUT2D eigenvalue weighted by Gasteiger charge is 2.25. The van der Waals surface area contributed by atoms with Crippen molar-refractivity contribution in [2.75, 3.05) is 19.7 Å². The minimum absolute atomic E-state index is 0.00137. The second kappa shape index (κ2) is 7.53. The van der Waals surface area contributed by atoms with Crippen molar-refractivity contribution in [3.63, 3.8) is 0 Å². The second-order valence-corrected chi connectivity index (χ2v) is 6.70. The third-order valence-corrected chi connectivity index (χ3v) is 5.08. The topological polar surface area (TPSA) is 94.9 Å². The van der Waals surface area contributed by atoms with Crippen molar-refractivity contribution in [3.8, 4) is 0 Å². The van der Waals surface area contributed by atoms with Gasteiger partial charge in [0, 0.05) is 13.1 Å². The molecule has 1 aromatic rings. The molecule has 0 saturated heterocycles. The maximum atomic E-state index is 12.5. The molecule has 0 aromatic heterocycles. The van der Waals surface area contributed by atoms with Crippen LogP contribution in [0.4, 0.5) is 0 Å². The zero-order valence-corrected chi connectivity index (χ0v) is 13.1. The molecule has 7 heteroatoms. The highest BCUT2D eigenvalue weighted by Crippen LogP contribution is 2.20. The smallest absolute Gasteiger partial charge is 0.335 e. The highest BCUT2D eigenvalue weighted by atomic mass is 32.2. The fourth-order valence-corrected chi connectivity index (χ4v) is 3.44. The number of hydrogen-bond acceptors (Lipinski definition) is 4. The summed E-state index contributed by atoms with van der Waals surface area (Å²) in [6, 6.07) is 4.05. The lowest BCUT2D eigenvalue weighted by Gasteiger charge is -2.21. The van der Waals surface area contributed by atoms with Crippen LogP contribution in [-0.2, 0) is 10.0 Å². The van der Waals surface area contributed by atoms with E-state index in [1.54, 1.807) is 6.92 Å². The Labute approximate surface area is 125 Å². The normalized spacial score (nSPS) is 11.8. The Morgan fingerprint density at radius 1 is 1.29 bits per heavy atom. The van der Waals surface area contributed by atoms with Gasteiger partial charge in [-0.15, -0.1) is 0 Å². The van der Waals surface area contributed by atoms with E-state index in [9.17, 15) is 13.2 Å². The fourth-order valence-electron chi connectivity index (χ4n) is 1.94. The first-order valence-electron chi connectivity index (χ1n) is 6.79. The number of carboxylic acids is 1. The van der Waals surface area contributed by atoms with Crippen molar-refractivity contribution in [1.82, 2.24) is 4.31 Å². The molecule has 0 spiro atoms. The van der Waals surface area contributed by atoms with Crippen LogP contribution in [0.1, 0.15) is 35.7 Å². The van der Waals surface area contributed by atoms with E-state index in [1.165, 1.54) is 22.5 Å². The van der Waals surface area contributed by atoms with Crippen molar-refractivity contribution in [2.45, 2.75) is 31.6 Å². The lowest BCUT2D eigenvalue weighted by molar-refractivity contribution is 0.0696. The van der Waals surface area contributed by atoms with Gasteiger partial charge in [-0.1, -0.05) is 19.4 Å². The van der Waals surface area contributed by atoms with Gasteiger partial charge >= 0.3 is 5.97 Å². The summed E-state index contributed by atoms with van der Waals surface area (Å²) in [6.45, 7) is 3.58. The number of aliphatic hydroxyl groups excluding tert-OH is 1. The second-order valence-electron chi connectivity index (χ2n) is 4.76. The Morgan fingerprint density at radius 2 is 1.95 bits per heavy atom. The average molecular weight is 315 g/mol. The number of benzene rings is 1. The highest BCUT2D eigenvalue weighted by molar-refractivity contribution is 7.89. The van der Waals surface area contributed by atoms with Crippen LogP contribution >= 0.6 is 0 Å². The van der Waals surface area contributed by atoms with E-state index in [1.807, 2.05) is 6.92 Å². The van der Waals surface area contributed by atoms with Crippen molar-refractivity contribution >= 4 is 16.0 Å². The molecule has 0 aliphatic rings. The van der Waals surface area contributed by atoms with Crippen LogP contribution in [0, 0.1) is 6.92 Å². The molecule has 0 unspecified atom stereocenters. The Hall–Kier alpha value is -1.44. The Morgan fingerprint density at radius 3 is 2.48 bits per heavy atom. The van der Waals surface area contributed by atoms with Gasteiger partial charge in [0.25, 0.3) is 0 Å². The van der Waals surface area contributed by atoms with Crippen molar-refractivity contribution < 1.29 is 23.4 Å². The Bertz CT molecular complexity index is 597. The van der Waals surface area contributed by atoms with Gasteiger partial charge in [-0.3, -0.25) is 0 Å². The Balaban J connectivity index is 3.21. The van der Waals surface area contributed by atoms with Crippen molar-refractivity contribution in [3.05, 3.63) is 29.3 Å². The molecule has 1 rings (SSSR count).